The number of carbonyl (C=O) groups is 2. The Bertz CT molecular complexity index is 869. The van der Waals surface area contributed by atoms with E-state index in [1.165, 1.54) is 64.2 Å². The zero-order valence-corrected chi connectivity index (χ0v) is 30.3. The molecule has 0 spiro atoms. The molecule has 0 aromatic rings. The molecule has 0 aromatic carbocycles. The first kappa shape index (κ1) is 44.6. The molecule has 2 atom stereocenters. The summed E-state index contributed by atoms with van der Waals surface area (Å²) >= 11 is 0. The molecule has 0 saturated heterocycles. The summed E-state index contributed by atoms with van der Waals surface area (Å²) in [4.78, 5) is 24.2. The van der Waals surface area contributed by atoms with Gasteiger partial charge >= 0.3 is 11.9 Å². The second-order valence-corrected chi connectivity index (χ2v) is 13.0. The van der Waals surface area contributed by atoms with Crippen molar-refractivity contribution in [1.29, 1.82) is 0 Å². The lowest BCUT2D eigenvalue weighted by atomic mass is 10.0. The Hall–Kier alpha value is -2.44. The average molecular weight is 659 g/mol. The van der Waals surface area contributed by atoms with Crippen molar-refractivity contribution in [2.75, 3.05) is 13.2 Å². The van der Waals surface area contributed by atoms with Gasteiger partial charge in [-0.15, -0.1) is 0 Å². The molecule has 0 amide bonds. The monoisotopic (exact) mass is 659 g/mol. The van der Waals surface area contributed by atoms with E-state index in [0.717, 1.165) is 50.9 Å². The molecule has 0 bridgehead atoms. The zero-order chi connectivity index (χ0) is 34.6. The molecular formula is C41H70O6. The first-order valence-corrected chi connectivity index (χ1v) is 18.8. The van der Waals surface area contributed by atoms with E-state index >= 15 is 0 Å². The van der Waals surface area contributed by atoms with Gasteiger partial charge in [0, 0.05) is 12.8 Å². The smallest absolute Gasteiger partial charge is 0.306 e. The molecule has 0 rings (SSSR count). The maximum atomic E-state index is 12.2. The number of unbranched alkanes of at least 4 members (excludes halogenated alkanes) is 11. The predicted molar refractivity (Wildman–Crippen MR) is 197 cm³/mol. The minimum absolute atomic E-state index is 0.123. The van der Waals surface area contributed by atoms with Crippen LogP contribution in [0.3, 0.4) is 0 Å². The van der Waals surface area contributed by atoms with Gasteiger partial charge in [0.05, 0.1) is 12.7 Å². The van der Waals surface area contributed by atoms with Crippen LogP contribution < -0.4 is 0 Å². The summed E-state index contributed by atoms with van der Waals surface area (Å²) in [7, 11) is 0. The average Bonchev–Trinajstić information content (AvgIpc) is 3.05. The third kappa shape index (κ3) is 34.7. The highest BCUT2D eigenvalue weighted by molar-refractivity contribution is 5.70. The Morgan fingerprint density at radius 2 is 1.13 bits per heavy atom. The molecule has 0 saturated carbocycles. The van der Waals surface area contributed by atoms with E-state index in [4.69, 9.17) is 9.47 Å². The van der Waals surface area contributed by atoms with Crippen molar-refractivity contribution in [2.24, 2.45) is 5.92 Å². The predicted octanol–water partition coefficient (Wildman–Crippen LogP) is 10.4. The molecule has 0 aromatic heterocycles. The molecule has 0 fully saturated rings. The minimum Gasteiger partial charge on any atom is -0.462 e. The quantitative estimate of drug-likeness (QED) is 0.0323. The van der Waals surface area contributed by atoms with Crippen LogP contribution in [-0.2, 0) is 19.1 Å². The summed E-state index contributed by atoms with van der Waals surface area (Å²) in [5.41, 5.74) is 0. The topological polar surface area (TPSA) is 93.1 Å². The maximum Gasteiger partial charge on any atom is 0.306 e. The summed E-state index contributed by atoms with van der Waals surface area (Å²) in [5.74, 6) is 0.0314. The standard InChI is InChI=1S/C41H70O6/c1-4-5-6-7-8-9-10-11-15-18-21-24-27-31-38(43)32-29-34-41(45)47-39(35-42)36-46-40(44)33-28-25-22-19-16-13-12-14-17-20-23-26-30-37(2)3/h5-6,8-9,11,15,21,24,27,31,37-39,42-43H,4,7,10,12-14,16-20,22-23,25-26,28-30,32-36H2,1-3H3/b6-5-,9-8-,15-11-,24-21-,31-27+/t38?,39-/m0/s1. The maximum absolute atomic E-state index is 12.2. The van der Waals surface area contributed by atoms with Gasteiger partial charge < -0.3 is 19.7 Å². The second kappa shape index (κ2) is 34.9. The van der Waals surface area contributed by atoms with E-state index in [0.29, 0.717) is 19.3 Å². The lowest BCUT2D eigenvalue weighted by Crippen LogP contribution is -2.28. The van der Waals surface area contributed by atoms with Crippen LogP contribution in [0, 0.1) is 5.92 Å². The Labute approximate surface area is 288 Å². The van der Waals surface area contributed by atoms with Crippen molar-refractivity contribution in [1.82, 2.24) is 0 Å². The van der Waals surface area contributed by atoms with Gasteiger partial charge in [-0.3, -0.25) is 9.59 Å². The molecule has 6 nitrogen and oxygen atoms in total. The van der Waals surface area contributed by atoms with Gasteiger partial charge in [-0.05, 0) is 50.9 Å². The molecule has 1 unspecified atom stereocenters. The largest absolute Gasteiger partial charge is 0.462 e. The van der Waals surface area contributed by atoms with Crippen molar-refractivity contribution in [3.05, 3.63) is 60.8 Å². The van der Waals surface area contributed by atoms with E-state index in [1.807, 2.05) is 18.2 Å². The third-order valence-electron chi connectivity index (χ3n) is 7.86. The van der Waals surface area contributed by atoms with Crippen molar-refractivity contribution in [3.63, 3.8) is 0 Å². The Kier molecular flexibility index (Phi) is 33.1. The number of aliphatic hydroxyl groups excluding tert-OH is 2. The molecule has 2 N–H and O–H groups in total. The number of hydrogen-bond donors (Lipinski definition) is 2. The molecule has 0 aliphatic carbocycles. The van der Waals surface area contributed by atoms with E-state index < -0.39 is 24.8 Å². The normalized spacial score (nSPS) is 13.7. The van der Waals surface area contributed by atoms with Crippen molar-refractivity contribution >= 4 is 11.9 Å². The molecule has 0 radical (unpaired) electrons. The van der Waals surface area contributed by atoms with Crippen LogP contribution in [0.5, 0.6) is 0 Å². The van der Waals surface area contributed by atoms with Gasteiger partial charge in [0.1, 0.15) is 6.61 Å². The lowest BCUT2D eigenvalue weighted by molar-refractivity contribution is -0.161. The summed E-state index contributed by atoms with van der Waals surface area (Å²) in [6.07, 6.45) is 40.3. The summed E-state index contributed by atoms with van der Waals surface area (Å²) < 4.78 is 10.5. The fourth-order valence-corrected chi connectivity index (χ4v) is 5.00. The van der Waals surface area contributed by atoms with Gasteiger partial charge in [0.15, 0.2) is 6.10 Å². The first-order valence-electron chi connectivity index (χ1n) is 18.8. The van der Waals surface area contributed by atoms with Gasteiger partial charge in [-0.25, -0.2) is 0 Å². The number of allylic oxidation sites excluding steroid dienone is 9. The van der Waals surface area contributed by atoms with Crippen molar-refractivity contribution in [2.45, 2.75) is 168 Å². The van der Waals surface area contributed by atoms with Crippen LogP contribution in [0.25, 0.3) is 0 Å². The van der Waals surface area contributed by atoms with Crippen molar-refractivity contribution < 1.29 is 29.3 Å². The fourth-order valence-electron chi connectivity index (χ4n) is 5.00. The Morgan fingerprint density at radius 1 is 0.617 bits per heavy atom. The lowest BCUT2D eigenvalue weighted by Gasteiger charge is -2.16. The molecular weight excluding hydrogens is 588 g/mol. The van der Waals surface area contributed by atoms with E-state index in [-0.39, 0.29) is 19.0 Å². The molecule has 0 aliphatic heterocycles. The van der Waals surface area contributed by atoms with E-state index in [1.54, 1.807) is 6.08 Å². The third-order valence-corrected chi connectivity index (χ3v) is 7.86. The van der Waals surface area contributed by atoms with Gasteiger partial charge in [-0.1, -0.05) is 159 Å². The van der Waals surface area contributed by atoms with Gasteiger partial charge in [0.2, 0.25) is 0 Å². The zero-order valence-electron chi connectivity index (χ0n) is 30.3. The molecule has 0 aliphatic rings. The highest BCUT2D eigenvalue weighted by atomic mass is 16.6. The first-order chi connectivity index (χ1) is 22.9. The molecule has 270 valence electrons. The molecule has 47 heavy (non-hydrogen) atoms. The number of aliphatic hydroxyl groups is 2. The van der Waals surface area contributed by atoms with Crippen LogP contribution in [-0.4, -0.2) is 47.6 Å². The summed E-state index contributed by atoms with van der Waals surface area (Å²) in [5, 5.41) is 19.7. The minimum atomic E-state index is -0.866. The summed E-state index contributed by atoms with van der Waals surface area (Å²) in [6.45, 7) is 6.18. The van der Waals surface area contributed by atoms with Crippen LogP contribution in [0.2, 0.25) is 0 Å². The van der Waals surface area contributed by atoms with E-state index in [2.05, 4.69) is 57.2 Å². The fraction of sp³-hybridized carbons (Fsp3) is 0.707. The van der Waals surface area contributed by atoms with Crippen molar-refractivity contribution in [3.8, 4) is 0 Å². The highest BCUT2D eigenvalue weighted by Crippen LogP contribution is 2.15. The van der Waals surface area contributed by atoms with Crippen LogP contribution in [0.1, 0.15) is 156 Å². The van der Waals surface area contributed by atoms with Crippen LogP contribution in [0.15, 0.2) is 60.8 Å². The van der Waals surface area contributed by atoms with Crippen LogP contribution >= 0.6 is 0 Å². The van der Waals surface area contributed by atoms with Crippen LogP contribution in [0.4, 0.5) is 0 Å². The highest BCUT2D eigenvalue weighted by Gasteiger charge is 2.16. The second-order valence-electron chi connectivity index (χ2n) is 13.0. The van der Waals surface area contributed by atoms with E-state index in [9.17, 15) is 19.8 Å². The SMILES string of the molecule is CC/C=C\C/C=C\C/C=C\C/C=C\C=C\C(O)CCCC(=O)O[C@@H](CO)COC(=O)CCCCCCCCCCCCCCC(C)C. The number of hydrogen-bond acceptors (Lipinski definition) is 6. The molecule has 6 heteroatoms. The number of ether oxygens (including phenoxy) is 2. The van der Waals surface area contributed by atoms with Gasteiger partial charge in [-0.2, -0.15) is 0 Å². The number of esters is 2. The summed E-state index contributed by atoms with van der Waals surface area (Å²) in [6, 6.07) is 0. The molecule has 0 heterocycles. The number of carbonyl (C=O) groups excluding carboxylic acids is 2. The Balaban J connectivity index is 3.79. The Morgan fingerprint density at radius 3 is 1.68 bits per heavy atom. The number of rotatable bonds is 32. The van der Waals surface area contributed by atoms with Gasteiger partial charge in [0.25, 0.3) is 0 Å².